The van der Waals surface area contributed by atoms with Crippen molar-refractivity contribution in [2.24, 2.45) is 0 Å². The van der Waals surface area contributed by atoms with Crippen molar-refractivity contribution in [2.75, 3.05) is 24.3 Å². The Morgan fingerprint density at radius 3 is 2.21 bits per heavy atom. The second-order valence-electron chi connectivity index (χ2n) is 5.60. The van der Waals surface area contributed by atoms with Crippen molar-refractivity contribution in [1.29, 1.82) is 0 Å². The summed E-state index contributed by atoms with van der Waals surface area (Å²) >= 11 is 0. The zero-order valence-electron chi connectivity index (χ0n) is 13.8. The first-order valence-corrected chi connectivity index (χ1v) is 7.52. The van der Waals surface area contributed by atoms with Gasteiger partial charge in [0.1, 0.15) is 0 Å². The van der Waals surface area contributed by atoms with Crippen LogP contribution in [0, 0.1) is 6.92 Å². The summed E-state index contributed by atoms with van der Waals surface area (Å²) in [4.78, 5) is 14.3. The Morgan fingerprint density at radius 1 is 1.00 bits per heavy atom. The molecule has 0 saturated carbocycles. The lowest BCUT2D eigenvalue weighted by Crippen LogP contribution is -2.13. The molecule has 0 atom stereocenters. The van der Waals surface area contributed by atoms with Gasteiger partial charge in [-0.05, 0) is 48.5 Å². The Morgan fingerprint density at radius 2 is 1.67 bits per heavy atom. The molecule has 0 radical (unpaired) electrons. The Kier molecular flexibility index (Phi) is 4.29. The van der Waals surface area contributed by atoms with E-state index in [4.69, 9.17) is 4.42 Å². The summed E-state index contributed by atoms with van der Waals surface area (Å²) in [5.41, 5.74) is 3.17. The third-order valence-corrected chi connectivity index (χ3v) is 3.56. The van der Waals surface area contributed by atoms with Crippen LogP contribution in [0.25, 0.3) is 11.5 Å². The number of nitrogens with one attached hydrogen (secondary N) is 1. The normalized spacial score (nSPS) is 10.5. The molecule has 0 fully saturated rings. The number of rotatable bonds is 4. The van der Waals surface area contributed by atoms with Gasteiger partial charge >= 0.3 is 0 Å². The number of aromatic nitrogens is 2. The van der Waals surface area contributed by atoms with Crippen molar-refractivity contribution < 1.29 is 9.21 Å². The molecule has 1 heterocycles. The Hall–Kier alpha value is -3.15. The third-order valence-electron chi connectivity index (χ3n) is 3.56. The number of amides is 1. The van der Waals surface area contributed by atoms with Crippen molar-refractivity contribution in [2.45, 2.75) is 6.92 Å². The minimum absolute atomic E-state index is 0.151. The summed E-state index contributed by atoms with van der Waals surface area (Å²) in [5, 5.41) is 10.6. The van der Waals surface area contributed by atoms with E-state index in [1.165, 1.54) is 0 Å². The van der Waals surface area contributed by atoms with Crippen molar-refractivity contribution in [3.8, 4) is 11.5 Å². The Balaban J connectivity index is 1.70. The highest BCUT2D eigenvalue weighted by Gasteiger charge is 2.09. The van der Waals surface area contributed by atoms with E-state index in [0.29, 0.717) is 23.0 Å². The smallest absolute Gasteiger partial charge is 0.255 e. The predicted molar refractivity (Wildman–Crippen MR) is 93.2 cm³/mol. The Labute approximate surface area is 140 Å². The fraction of sp³-hybridized carbons (Fsp3) is 0.167. The first kappa shape index (κ1) is 15.7. The molecule has 1 N–H and O–H groups in total. The first-order valence-electron chi connectivity index (χ1n) is 7.52. The number of hydrogen-bond donors (Lipinski definition) is 1. The van der Waals surface area contributed by atoms with E-state index in [2.05, 4.69) is 15.5 Å². The van der Waals surface area contributed by atoms with Crippen LogP contribution in [-0.2, 0) is 0 Å². The first-order chi connectivity index (χ1) is 11.5. The van der Waals surface area contributed by atoms with Gasteiger partial charge < -0.3 is 14.6 Å². The van der Waals surface area contributed by atoms with Gasteiger partial charge in [0.25, 0.3) is 5.91 Å². The van der Waals surface area contributed by atoms with Gasteiger partial charge in [-0.15, -0.1) is 10.2 Å². The maximum atomic E-state index is 12.3. The summed E-state index contributed by atoms with van der Waals surface area (Å²) in [7, 11) is 3.92. The van der Waals surface area contributed by atoms with Crippen LogP contribution in [0.2, 0.25) is 0 Å². The highest BCUT2D eigenvalue weighted by Crippen LogP contribution is 2.20. The second-order valence-corrected chi connectivity index (χ2v) is 5.60. The molecular weight excluding hydrogens is 304 g/mol. The van der Waals surface area contributed by atoms with Gasteiger partial charge in [0.15, 0.2) is 0 Å². The number of hydrogen-bond acceptors (Lipinski definition) is 5. The number of carbonyl (C=O) groups excluding carboxylic acids is 1. The molecular formula is C18H18N4O2. The second kappa shape index (κ2) is 6.54. The third kappa shape index (κ3) is 3.43. The molecule has 1 amide bonds. The van der Waals surface area contributed by atoms with Crippen molar-refractivity contribution in [1.82, 2.24) is 10.2 Å². The number of benzene rings is 2. The van der Waals surface area contributed by atoms with E-state index >= 15 is 0 Å². The van der Waals surface area contributed by atoms with Crippen LogP contribution in [0.1, 0.15) is 16.2 Å². The Bertz CT molecular complexity index is 836. The fourth-order valence-electron chi connectivity index (χ4n) is 2.22. The van der Waals surface area contributed by atoms with Crippen LogP contribution < -0.4 is 10.2 Å². The van der Waals surface area contributed by atoms with Crippen LogP contribution >= 0.6 is 0 Å². The van der Waals surface area contributed by atoms with Crippen LogP contribution in [0.3, 0.4) is 0 Å². The number of anilines is 2. The van der Waals surface area contributed by atoms with Crippen molar-refractivity contribution in [3.05, 3.63) is 60.0 Å². The number of nitrogens with zero attached hydrogens (tertiary/aromatic N) is 3. The average Bonchev–Trinajstić information content (AvgIpc) is 3.02. The van der Waals surface area contributed by atoms with Crippen LogP contribution in [0.5, 0.6) is 0 Å². The lowest BCUT2D eigenvalue weighted by molar-refractivity contribution is 0.102. The van der Waals surface area contributed by atoms with E-state index in [-0.39, 0.29) is 5.91 Å². The van der Waals surface area contributed by atoms with Crippen LogP contribution in [0.4, 0.5) is 11.4 Å². The molecule has 6 heteroatoms. The topological polar surface area (TPSA) is 71.3 Å². The molecule has 0 aliphatic carbocycles. The fourth-order valence-corrected chi connectivity index (χ4v) is 2.22. The highest BCUT2D eigenvalue weighted by atomic mass is 16.4. The van der Waals surface area contributed by atoms with E-state index < -0.39 is 0 Å². The minimum atomic E-state index is -0.151. The standard InChI is InChI=1S/C18H18N4O2/c1-12-20-21-18(24-12)14-4-8-15(9-5-14)19-17(23)13-6-10-16(11-7-13)22(2)3/h4-11H,1-3H3,(H,19,23). The molecule has 3 aromatic rings. The predicted octanol–water partition coefficient (Wildman–Crippen LogP) is 3.36. The maximum Gasteiger partial charge on any atom is 0.255 e. The lowest BCUT2D eigenvalue weighted by atomic mass is 10.1. The van der Waals surface area contributed by atoms with E-state index in [1.54, 1.807) is 31.2 Å². The summed E-state index contributed by atoms with van der Waals surface area (Å²) in [5.74, 6) is 0.829. The molecule has 6 nitrogen and oxygen atoms in total. The largest absolute Gasteiger partial charge is 0.421 e. The van der Waals surface area contributed by atoms with Gasteiger partial charge in [-0.1, -0.05) is 0 Å². The molecule has 0 aliphatic rings. The van der Waals surface area contributed by atoms with Crippen LogP contribution in [0.15, 0.2) is 52.9 Å². The SMILES string of the molecule is Cc1nnc(-c2ccc(NC(=O)c3ccc(N(C)C)cc3)cc2)o1. The monoisotopic (exact) mass is 322 g/mol. The van der Waals surface area contributed by atoms with Gasteiger partial charge in [-0.25, -0.2) is 0 Å². The summed E-state index contributed by atoms with van der Waals surface area (Å²) in [6.45, 7) is 1.74. The van der Waals surface area contributed by atoms with Gasteiger partial charge in [0.05, 0.1) is 0 Å². The minimum Gasteiger partial charge on any atom is -0.421 e. The zero-order chi connectivity index (χ0) is 17.1. The van der Waals surface area contributed by atoms with Crippen LogP contribution in [-0.4, -0.2) is 30.2 Å². The van der Waals surface area contributed by atoms with E-state index in [9.17, 15) is 4.79 Å². The molecule has 3 rings (SSSR count). The number of carbonyl (C=O) groups is 1. The zero-order valence-corrected chi connectivity index (χ0v) is 13.8. The quantitative estimate of drug-likeness (QED) is 0.797. The molecule has 0 spiro atoms. The molecule has 122 valence electrons. The molecule has 0 saturated heterocycles. The molecule has 0 bridgehead atoms. The van der Waals surface area contributed by atoms with E-state index in [0.717, 1.165) is 11.3 Å². The molecule has 0 aliphatic heterocycles. The maximum absolute atomic E-state index is 12.3. The summed E-state index contributed by atoms with van der Waals surface area (Å²) < 4.78 is 5.38. The van der Waals surface area contributed by atoms with Gasteiger partial charge in [-0.3, -0.25) is 4.79 Å². The summed E-state index contributed by atoms with van der Waals surface area (Å²) in [6.07, 6.45) is 0. The van der Waals surface area contributed by atoms with Gasteiger partial charge in [0.2, 0.25) is 11.8 Å². The summed E-state index contributed by atoms with van der Waals surface area (Å²) in [6, 6.07) is 14.7. The van der Waals surface area contributed by atoms with Crippen molar-refractivity contribution in [3.63, 3.8) is 0 Å². The highest BCUT2D eigenvalue weighted by molar-refractivity contribution is 6.04. The molecule has 1 aromatic heterocycles. The van der Waals surface area contributed by atoms with Crippen molar-refractivity contribution >= 4 is 17.3 Å². The average molecular weight is 322 g/mol. The van der Waals surface area contributed by atoms with Gasteiger partial charge in [0, 0.05) is 43.5 Å². The molecule has 0 unspecified atom stereocenters. The molecule has 2 aromatic carbocycles. The van der Waals surface area contributed by atoms with Gasteiger partial charge in [-0.2, -0.15) is 0 Å². The lowest BCUT2D eigenvalue weighted by Gasteiger charge is -2.12. The molecule has 24 heavy (non-hydrogen) atoms. The number of aryl methyl sites for hydroxylation is 1. The van der Waals surface area contributed by atoms with E-state index in [1.807, 2.05) is 43.3 Å².